The van der Waals surface area contributed by atoms with E-state index in [9.17, 15) is 13.2 Å². The van der Waals surface area contributed by atoms with Gasteiger partial charge >= 0.3 is 6.03 Å². The average Bonchev–Trinajstić information content (AvgIpc) is 3.12. The van der Waals surface area contributed by atoms with Gasteiger partial charge in [0.05, 0.1) is 24.6 Å². The summed E-state index contributed by atoms with van der Waals surface area (Å²) in [4.78, 5) is 15.0. The van der Waals surface area contributed by atoms with E-state index in [4.69, 9.17) is 9.47 Å². The average molecular weight is 339 g/mol. The number of nitrogens with zero attached hydrogens (tertiary/aromatic N) is 2. The van der Waals surface area contributed by atoms with Crippen LogP contribution in [0.4, 0.5) is 4.79 Å². The van der Waals surface area contributed by atoms with Crippen molar-refractivity contribution >= 4 is 21.8 Å². The maximum Gasteiger partial charge on any atom is 0.346 e. The number of hydrogen-bond donors (Lipinski definition) is 1. The predicted octanol–water partition coefficient (Wildman–Crippen LogP) is 0.142. The van der Waals surface area contributed by atoms with Crippen LogP contribution < -0.4 is 5.32 Å². The molecule has 23 heavy (non-hydrogen) atoms. The van der Waals surface area contributed by atoms with E-state index in [1.165, 1.54) is 10.4 Å². The van der Waals surface area contributed by atoms with Gasteiger partial charge in [-0.1, -0.05) is 6.08 Å². The topological polar surface area (TPSA) is 97.3 Å². The molecule has 3 heterocycles. The Balaban J connectivity index is 1.50. The fourth-order valence-corrected chi connectivity index (χ4v) is 4.88. The zero-order valence-corrected chi connectivity index (χ0v) is 13.2. The van der Waals surface area contributed by atoms with Gasteiger partial charge in [0.25, 0.3) is 0 Å². The molecule has 0 aromatic carbocycles. The summed E-state index contributed by atoms with van der Waals surface area (Å²) in [6, 6.07) is -0.468. The van der Waals surface area contributed by atoms with E-state index in [0.29, 0.717) is 50.6 Å². The first kappa shape index (κ1) is 15.0. The molecule has 2 amide bonds. The van der Waals surface area contributed by atoms with Gasteiger partial charge in [-0.25, -0.2) is 17.5 Å². The fourth-order valence-electron chi connectivity index (χ4n) is 3.26. The molecule has 2 fully saturated rings. The van der Waals surface area contributed by atoms with Gasteiger partial charge in [-0.2, -0.15) is 4.99 Å². The quantitative estimate of drug-likeness (QED) is 0.772. The van der Waals surface area contributed by atoms with Crippen LogP contribution in [-0.2, 0) is 19.5 Å². The van der Waals surface area contributed by atoms with Gasteiger partial charge in [0.2, 0.25) is 10.0 Å². The lowest BCUT2D eigenvalue weighted by molar-refractivity contribution is -0.179. The van der Waals surface area contributed by atoms with Crippen LogP contribution in [0, 0.1) is 0 Å². The molecule has 1 N–H and O–H groups in total. The summed E-state index contributed by atoms with van der Waals surface area (Å²) in [5, 5.41) is 1.75. The number of urea groups is 1. The third kappa shape index (κ3) is 2.53. The molecule has 0 aromatic rings. The van der Waals surface area contributed by atoms with Crippen LogP contribution in [-0.4, -0.2) is 61.8 Å². The first-order valence-electron chi connectivity index (χ1n) is 7.56. The van der Waals surface area contributed by atoms with E-state index < -0.39 is 27.1 Å². The first-order chi connectivity index (χ1) is 11.0. The van der Waals surface area contributed by atoms with Crippen LogP contribution in [0.3, 0.4) is 0 Å². The number of aliphatic imine (C=N–C) groups is 1. The number of carbonyl (C=O) groups excluding carboxylic acids is 1. The highest BCUT2D eigenvalue weighted by molar-refractivity contribution is 7.90. The minimum atomic E-state index is -3.53. The molecule has 0 radical (unpaired) electrons. The van der Waals surface area contributed by atoms with Crippen molar-refractivity contribution in [2.45, 2.75) is 23.9 Å². The van der Waals surface area contributed by atoms with Crippen molar-refractivity contribution in [3.63, 3.8) is 0 Å². The van der Waals surface area contributed by atoms with Gasteiger partial charge in [-0.15, -0.1) is 0 Å². The number of fused-ring (bicyclic) bond motifs is 1. The van der Waals surface area contributed by atoms with Crippen molar-refractivity contribution in [3.05, 3.63) is 23.9 Å². The molecule has 1 unspecified atom stereocenters. The van der Waals surface area contributed by atoms with Crippen LogP contribution in [0.25, 0.3) is 0 Å². The van der Waals surface area contributed by atoms with E-state index in [1.54, 1.807) is 12.2 Å². The van der Waals surface area contributed by atoms with E-state index in [-0.39, 0.29) is 0 Å². The second kappa shape index (κ2) is 5.23. The molecule has 1 spiro atoms. The lowest BCUT2D eigenvalue weighted by atomic mass is 10.1. The molecule has 8 nitrogen and oxygen atoms in total. The molecule has 4 rings (SSSR count). The number of sulfonamides is 1. The molecular weight excluding hydrogens is 322 g/mol. The summed E-state index contributed by atoms with van der Waals surface area (Å²) >= 11 is 0. The second-order valence-corrected chi connectivity index (χ2v) is 7.97. The van der Waals surface area contributed by atoms with Crippen molar-refractivity contribution in [1.29, 1.82) is 0 Å². The Labute approximate surface area is 133 Å². The number of piperidine rings is 1. The summed E-state index contributed by atoms with van der Waals surface area (Å²) in [5.41, 5.74) is 0.939. The Hall–Kier alpha value is -1.55. The van der Waals surface area contributed by atoms with Gasteiger partial charge in [0, 0.05) is 25.9 Å². The van der Waals surface area contributed by atoms with Crippen molar-refractivity contribution in [1.82, 2.24) is 9.62 Å². The molecule has 1 atom stereocenters. The van der Waals surface area contributed by atoms with E-state index in [0.717, 1.165) is 0 Å². The van der Waals surface area contributed by atoms with Gasteiger partial charge in [-0.3, -0.25) is 0 Å². The molecule has 3 aliphatic heterocycles. The number of rotatable bonds is 2. The summed E-state index contributed by atoms with van der Waals surface area (Å²) in [6.45, 7) is 1.85. The largest absolute Gasteiger partial charge is 0.347 e. The Morgan fingerprint density at radius 1 is 1.26 bits per heavy atom. The maximum atomic E-state index is 12.8. The van der Waals surface area contributed by atoms with Crippen LogP contribution in [0.5, 0.6) is 0 Å². The molecule has 0 saturated carbocycles. The molecule has 0 aromatic heterocycles. The Bertz CT molecular complexity index is 724. The number of amides is 2. The molecule has 1 aliphatic carbocycles. The standard InChI is InChI=1S/C14H17N3O5S/c18-13-15-11-2-1-10(9-12(11)16-13)23(19,20)17-5-3-14(4-6-17)21-7-8-22-14/h1-2,9-10H,3-8H2,(H,16,18). The Morgan fingerprint density at radius 2 is 1.96 bits per heavy atom. The smallest absolute Gasteiger partial charge is 0.346 e. The lowest BCUT2D eigenvalue weighted by Gasteiger charge is -2.37. The number of ether oxygens (including phenoxy) is 2. The van der Waals surface area contributed by atoms with Gasteiger partial charge in [0.1, 0.15) is 5.25 Å². The van der Waals surface area contributed by atoms with E-state index in [1.807, 2.05) is 0 Å². The predicted molar refractivity (Wildman–Crippen MR) is 81.3 cm³/mol. The molecule has 0 bridgehead atoms. The highest BCUT2D eigenvalue weighted by atomic mass is 32.2. The Morgan fingerprint density at radius 3 is 2.65 bits per heavy atom. The van der Waals surface area contributed by atoms with Crippen molar-refractivity contribution in [3.8, 4) is 0 Å². The summed E-state index contributed by atoms with van der Waals surface area (Å²) in [6.07, 6.45) is 5.73. The van der Waals surface area contributed by atoms with E-state index in [2.05, 4.69) is 10.3 Å². The highest BCUT2D eigenvalue weighted by Crippen LogP contribution is 2.33. The molecular formula is C14H17N3O5S. The van der Waals surface area contributed by atoms with Crippen LogP contribution in [0.15, 0.2) is 28.9 Å². The number of allylic oxidation sites excluding steroid dienone is 1. The Kier molecular flexibility index (Phi) is 3.41. The lowest BCUT2D eigenvalue weighted by Crippen LogP contribution is -2.49. The van der Waals surface area contributed by atoms with Crippen molar-refractivity contribution < 1.29 is 22.7 Å². The van der Waals surface area contributed by atoms with Gasteiger partial charge < -0.3 is 14.8 Å². The van der Waals surface area contributed by atoms with Crippen LogP contribution in [0.1, 0.15) is 12.8 Å². The third-order valence-corrected chi connectivity index (χ3v) is 6.58. The third-order valence-electron chi connectivity index (χ3n) is 4.52. The van der Waals surface area contributed by atoms with E-state index >= 15 is 0 Å². The highest BCUT2D eigenvalue weighted by Gasteiger charge is 2.44. The zero-order valence-electron chi connectivity index (χ0n) is 12.4. The molecule has 4 aliphatic rings. The zero-order chi connectivity index (χ0) is 16.1. The minimum Gasteiger partial charge on any atom is -0.347 e. The van der Waals surface area contributed by atoms with Gasteiger partial charge in [0.15, 0.2) is 5.79 Å². The molecule has 124 valence electrons. The number of carbonyl (C=O) groups is 1. The van der Waals surface area contributed by atoms with Crippen molar-refractivity contribution in [2.75, 3.05) is 26.3 Å². The maximum absolute atomic E-state index is 12.8. The first-order valence-corrected chi connectivity index (χ1v) is 9.06. The second-order valence-electron chi connectivity index (χ2n) is 5.88. The normalized spacial score (nSPS) is 30.1. The SMILES string of the molecule is O=C1N=C2C=CC(S(=O)(=O)N3CCC4(CC3)OCCO4)C=C2N1. The summed E-state index contributed by atoms with van der Waals surface area (Å²) in [5.74, 6) is -0.605. The fraction of sp³-hybridized carbons (Fsp3) is 0.571. The monoisotopic (exact) mass is 339 g/mol. The molecule has 9 heteroatoms. The summed E-state index contributed by atoms with van der Waals surface area (Å²) in [7, 11) is -3.53. The number of nitrogens with one attached hydrogen (secondary N) is 1. The van der Waals surface area contributed by atoms with Crippen molar-refractivity contribution in [2.24, 2.45) is 4.99 Å². The number of hydrogen-bond acceptors (Lipinski definition) is 5. The minimum absolute atomic E-state index is 0.364. The summed E-state index contributed by atoms with van der Waals surface area (Å²) < 4.78 is 38.3. The van der Waals surface area contributed by atoms with Crippen LogP contribution in [0.2, 0.25) is 0 Å². The van der Waals surface area contributed by atoms with Crippen LogP contribution >= 0.6 is 0 Å². The van der Waals surface area contributed by atoms with Gasteiger partial charge in [-0.05, 0) is 12.2 Å². The molecule has 2 saturated heterocycles.